The van der Waals surface area contributed by atoms with Crippen molar-refractivity contribution < 1.29 is 0 Å². The monoisotopic (exact) mass is 248 g/mol. The van der Waals surface area contributed by atoms with Crippen molar-refractivity contribution in [2.75, 3.05) is 23.9 Å². The lowest BCUT2D eigenvalue weighted by Crippen LogP contribution is -2.25. The first-order valence-electron chi connectivity index (χ1n) is 6.02. The van der Waals surface area contributed by atoms with Gasteiger partial charge >= 0.3 is 0 Å². The molecule has 2 nitrogen and oxygen atoms in total. The van der Waals surface area contributed by atoms with E-state index in [-0.39, 0.29) is 0 Å². The summed E-state index contributed by atoms with van der Waals surface area (Å²) in [6.07, 6.45) is 0.990. The van der Waals surface area contributed by atoms with E-state index in [2.05, 4.69) is 35.0 Å². The van der Waals surface area contributed by atoms with Crippen LogP contribution in [0.25, 0.3) is 10.9 Å². The van der Waals surface area contributed by atoms with E-state index in [1.54, 1.807) is 0 Å². The number of hydrogen-bond acceptors (Lipinski definition) is 2. The van der Waals surface area contributed by atoms with E-state index >= 15 is 0 Å². The van der Waals surface area contributed by atoms with E-state index in [4.69, 9.17) is 11.6 Å². The molecule has 2 rings (SSSR count). The van der Waals surface area contributed by atoms with E-state index in [9.17, 15) is 0 Å². The molecule has 0 radical (unpaired) electrons. The smallest absolute Gasteiger partial charge is 0.129 e. The number of hydrogen-bond donors (Lipinski definition) is 0. The molecule has 0 saturated heterocycles. The second kappa shape index (κ2) is 5.87. The molecule has 1 aromatic carbocycles. The van der Waals surface area contributed by atoms with Gasteiger partial charge in [0.05, 0.1) is 5.52 Å². The molecule has 0 atom stereocenters. The minimum Gasteiger partial charge on any atom is -0.357 e. The zero-order valence-corrected chi connectivity index (χ0v) is 10.8. The largest absolute Gasteiger partial charge is 0.357 e. The van der Waals surface area contributed by atoms with Crippen molar-refractivity contribution in [3.8, 4) is 0 Å². The minimum absolute atomic E-state index is 0.698. The lowest BCUT2D eigenvalue weighted by molar-refractivity contribution is 0.784. The lowest BCUT2D eigenvalue weighted by atomic mass is 10.2. The average molecular weight is 249 g/mol. The fourth-order valence-electron chi connectivity index (χ4n) is 1.92. The molecular weight excluding hydrogens is 232 g/mol. The van der Waals surface area contributed by atoms with E-state index in [0.29, 0.717) is 5.88 Å². The number of aromatic nitrogens is 1. The maximum Gasteiger partial charge on any atom is 0.129 e. The van der Waals surface area contributed by atoms with Crippen LogP contribution in [0, 0.1) is 0 Å². The third-order valence-electron chi connectivity index (χ3n) is 2.85. The summed E-state index contributed by atoms with van der Waals surface area (Å²) in [7, 11) is 0. The van der Waals surface area contributed by atoms with Crippen LogP contribution in [-0.4, -0.2) is 24.0 Å². The normalized spacial score (nSPS) is 10.7. The van der Waals surface area contributed by atoms with Gasteiger partial charge in [-0.15, -0.1) is 11.6 Å². The molecule has 0 unspecified atom stereocenters. The first-order chi connectivity index (χ1) is 8.35. The SMILES string of the molecule is CCN(CCCCl)c1ccc2ccccc2n1. The Morgan fingerprint density at radius 2 is 2.00 bits per heavy atom. The summed E-state index contributed by atoms with van der Waals surface area (Å²) in [4.78, 5) is 6.94. The predicted octanol–water partition coefficient (Wildman–Crippen LogP) is 3.69. The Bertz CT molecular complexity index is 484. The first kappa shape index (κ1) is 12.2. The van der Waals surface area contributed by atoms with Gasteiger partial charge in [-0.3, -0.25) is 0 Å². The Kier molecular flexibility index (Phi) is 4.21. The van der Waals surface area contributed by atoms with Gasteiger partial charge in [0.1, 0.15) is 5.82 Å². The second-order valence-corrected chi connectivity index (χ2v) is 4.36. The lowest BCUT2D eigenvalue weighted by Gasteiger charge is -2.21. The topological polar surface area (TPSA) is 16.1 Å². The first-order valence-corrected chi connectivity index (χ1v) is 6.55. The Hall–Kier alpha value is -1.28. The van der Waals surface area contributed by atoms with Crippen LogP contribution in [0.15, 0.2) is 36.4 Å². The average Bonchev–Trinajstić information content (AvgIpc) is 2.39. The maximum absolute atomic E-state index is 5.74. The Morgan fingerprint density at radius 3 is 2.76 bits per heavy atom. The van der Waals surface area contributed by atoms with Crippen LogP contribution in [0.3, 0.4) is 0 Å². The fraction of sp³-hybridized carbons (Fsp3) is 0.357. The summed E-state index contributed by atoms with van der Waals surface area (Å²) in [5, 5.41) is 1.18. The van der Waals surface area contributed by atoms with Crippen molar-refractivity contribution in [2.45, 2.75) is 13.3 Å². The van der Waals surface area contributed by atoms with Gasteiger partial charge in [-0.05, 0) is 31.5 Å². The molecule has 0 bridgehead atoms. The van der Waals surface area contributed by atoms with Crippen LogP contribution in [0.1, 0.15) is 13.3 Å². The molecule has 0 N–H and O–H groups in total. The van der Waals surface area contributed by atoms with E-state index in [1.165, 1.54) is 5.39 Å². The highest BCUT2D eigenvalue weighted by Crippen LogP contribution is 2.17. The fourth-order valence-corrected chi connectivity index (χ4v) is 2.04. The van der Waals surface area contributed by atoms with Gasteiger partial charge < -0.3 is 4.90 Å². The number of fused-ring (bicyclic) bond motifs is 1. The number of pyridine rings is 1. The number of para-hydroxylation sites is 1. The zero-order valence-electron chi connectivity index (χ0n) is 10.1. The number of halogens is 1. The molecule has 1 aromatic heterocycles. The molecular formula is C14H17ClN2. The van der Waals surface area contributed by atoms with Gasteiger partial charge in [-0.25, -0.2) is 4.98 Å². The molecule has 3 heteroatoms. The quantitative estimate of drug-likeness (QED) is 0.751. The van der Waals surface area contributed by atoms with Crippen molar-refractivity contribution in [3.63, 3.8) is 0 Å². The predicted molar refractivity (Wildman–Crippen MR) is 75.0 cm³/mol. The van der Waals surface area contributed by atoms with Gasteiger partial charge in [0.15, 0.2) is 0 Å². The van der Waals surface area contributed by atoms with Gasteiger partial charge in [0.2, 0.25) is 0 Å². The van der Waals surface area contributed by atoms with Gasteiger partial charge in [0, 0.05) is 24.4 Å². The summed E-state index contributed by atoms with van der Waals surface area (Å²) < 4.78 is 0. The van der Waals surface area contributed by atoms with Crippen molar-refractivity contribution in [3.05, 3.63) is 36.4 Å². The van der Waals surface area contributed by atoms with Crippen molar-refractivity contribution >= 4 is 28.3 Å². The molecule has 0 saturated carbocycles. The van der Waals surface area contributed by atoms with Crippen LogP contribution in [0.5, 0.6) is 0 Å². The second-order valence-electron chi connectivity index (χ2n) is 3.98. The number of nitrogens with zero attached hydrogens (tertiary/aromatic N) is 2. The third-order valence-corrected chi connectivity index (χ3v) is 3.12. The van der Waals surface area contributed by atoms with Crippen LogP contribution < -0.4 is 4.90 Å². The molecule has 2 aromatic rings. The van der Waals surface area contributed by atoms with Crippen molar-refractivity contribution in [1.29, 1.82) is 0 Å². The molecule has 0 aliphatic carbocycles. The summed E-state index contributed by atoms with van der Waals surface area (Å²) in [6, 6.07) is 12.4. The molecule has 0 fully saturated rings. The third kappa shape index (κ3) is 2.89. The summed E-state index contributed by atoms with van der Waals surface area (Å²) in [6.45, 7) is 4.07. The van der Waals surface area contributed by atoms with Gasteiger partial charge in [-0.2, -0.15) is 0 Å². The zero-order chi connectivity index (χ0) is 12.1. The molecule has 90 valence electrons. The van der Waals surface area contributed by atoms with Gasteiger partial charge in [0.25, 0.3) is 0 Å². The molecule has 0 amide bonds. The standard InChI is InChI=1S/C14H17ClN2/c1-2-17(11-5-10-15)14-9-8-12-6-3-4-7-13(12)16-14/h3-4,6-9H,2,5,10-11H2,1H3. The number of rotatable bonds is 5. The number of anilines is 1. The van der Waals surface area contributed by atoms with Crippen LogP contribution >= 0.6 is 11.6 Å². The highest BCUT2D eigenvalue weighted by atomic mass is 35.5. The molecule has 17 heavy (non-hydrogen) atoms. The van der Waals surface area contributed by atoms with E-state index < -0.39 is 0 Å². The van der Waals surface area contributed by atoms with Crippen LogP contribution in [0.2, 0.25) is 0 Å². The molecule has 0 aliphatic heterocycles. The number of benzene rings is 1. The summed E-state index contributed by atoms with van der Waals surface area (Å²) >= 11 is 5.74. The number of alkyl halides is 1. The Balaban J connectivity index is 2.27. The van der Waals surface area contributed by atoms with Crippen molar-refractivity contribution in [2.24, 2.45) is 0 Å². The van der Waals surface area contributed by atoms with Crippen LogP contribution in [0.4, 0.5) is 5.82 Å². The highest BCUT2D eigenvalue weighted by molar-refractivity contribution is 6.17. The van der Waals surface area contributed by atoms with E-state index in [1.807, 2.05) is 18.2 Å². The van der Waals surface area contributed by atoms with Crippen LogP contribution in [-0.2, 0) is 0 Å². The summed E-state index contributed by atoms with van der Waals surface area (Å²) in [5.74, 6) is 1.74. The maximum atomic E-state index is 5.74. The van der Waals surface area contributed by atoms with Crippen molar-refractivity contribution in [1.82, 2.24) is 4.98 Å². The molecule has 1 heterocycles. The molecule has 0 spiro atoms. The molecule has 0 aliphatic rings. The Morgan fingerprint density at radius 1 is 1.18 bits per heavy atom. The van der Waals surface area contributed by atoms with Gasteiger partial charge in [-0.1, -0.05) is 18.2 Å². The highest BCUT2D eigenvalue weighted by Gasteiger charge is 2.05. The Labute approximate surface area is 107 Å². The van der Waals surface area contributed by atoms with E-state index in [0.717, 1.165) is 30.8 Å². The summed E-state index contributed by atoms with van der Waals surface area (Å²) in [5.41, 5.74) is 1.05. The minimum atomic E-state index is 0.698.